The van der Waals surface area contributed by atoms with Gasteiger partial charge in [0.1, 0.15) is 11.6 Å². The first kappa shape index (κ1) is 14.1. The van der Waals surface area contributed by atoms with Crippen LogP contribution in [0.15, 0.2) is 0 Å². The fourth-order valence-corrected chi connectivity index (χ4v) is 2.69. The predicted molar refractivity (Wildman–Crippen MR) is 70.8 cm³/mol. The van der Waals surface area contributed by atoms with Gasteiger partial charge >= 0.3 is 6.09 Å². The standard InChI is InChI=1S/C13H23N3O3/c1-13(2,3)19-12(18)16-8-9-7-10(16)11(17)15(9)6-5-14-4/h9-10,14H,5-8H2,1-4H3. The smallest absolute Gasteiger partial charge is 0.411 e. The van der Waals surface area contributed by atoms with Crippen LogP contribution in [0.5, 0.6) is 0 Å². The van der Waals surface area contributed by atoms with Crippen molar-refractivity contribution in [1.29, 1.82) is 0 Å². The van der Waals surface area contributed by atoms with Crippen LogP contribution in [0.25, 0.3) is 0 Å². The molecule has 2 atom stereocenters. The maximum Gasteiger partial charge on any atom is 0.411 e. The maximum atomic E-state index is 12.2. The van der Waals surface area contributed by atoms with Crippen LogP contribution in [0.4, 0.5) is 4.79 Å². The van der Waals surface area contributed by atoms with Crippen molar-refractivity contribution in [3.63, 3.8) is 0 Å². The molecule has 1 N–H and O–H groups in total. The molecular weight excluding hydrogens is 246 g/mol. The van der Waals surface area contributed by atoms with Crippen molar-refractivity contribution in [3.05, 3.63) is 0 Å². The van der Waals surface area contributed by atoms with E-state index in [1.165, 1.54) is 0 Å². The van der Waals surface area contributed by atoms with E-state index in [1.54, 1.807) is 4.90 Å². The number of rotatable bonds is 3. The number of fused-ring (bicyclic) bond motifs is 2. The summed E-state index contributed by atoms with van der Waals surface area (Å²) in [6.45, 7) is 7.58. The third-order valence-corrected chi connectivity index (χ3v) is 3.52. The summed E-state index contributed by atoms with van der Waals surface area (Å²) in [6.07, 6.45) is 0.364. The molecule has 2 heterocycles. The van der Waals surface area contributed by atoms with E-state index in [4.69, 9.17) is 4.74 Å². The molecule has 2 saturated heterocycles. The summed E-state index contributed by atoms with van der Waals surface area (Å²) in [4.78, 5) is 27.7. The van der Waals surface area contributed by atoms with Gasteiger partial charge in [-0.3, -0.25) is 9.69 Å². The van der Waals surface area contributed by atoms with Crippen LogP contribution in [0.1, 0.15) is 27.2 Å². The second-order valence-corrected chi connectivity index (χ2v) is 6.17. The molecule has 0 aromatic heterocycles. The van der Waals surface area contributed by atoms with Crippen molar-refractivity contribution in [2.45, 2.75) is 44.9 Å². The summed E-state index contributed by atoms with van der Waals surface area (Å²) in [7, 11) is 1.87. The molecule has 0 aliphatic carbocycles. The Labute approximate surface area is 114 Å². The van der Waals surface area contributed by atoms with E-state index in [-0.39, 0.29) is 24.1 Å². The average molecular weight is 269 g/mol. The first-order chi connectivity index (χ1) is 8.83. The number of likely N-dealkylation sites (tertiary alicyclic amines) is 2. The van der Waals surface area contributed by atoms with Crippen LogP contribution in [0.3, 0.4) is 0 Å². The van der Waals surface area contributed by atoms with E-state index in [1.807, 2.05) is 32.7 Å². The Kier molecular flexibility index (Phi) is 3.71. The Bertz CT molecular complexity index is 378. The molecule has 0 spiro atoms. The molecular formula is C13H23N3O3. The molecule has 19 heavy (non-hydrogen) atoms. The molecule has 0 aromatic carbocycles. The molecule has 2 bridgehead atoms. The Balaban J connectivity index is 1.97. The van der Waals surface area contributed by atoms with Gasteiger partial charge in [0, 0.05) is 19.6 Å². The highest BCUT2D eigenvalue weighted by Gasteiger charge is 2.51. The molecule has 6 heteroatoms. The molecule has 2 unspecified atom stereocenters. The molecule has 2 fully saturated rings. The average Bonchev–Trinajstić information content (AvgIpc) is 2.82. The number of amides is 2. The van der Waals surface area contributed by atoms with E-state index < -0.39 is 5.60 Å². The lowest BCUT2D eigenvalue weighted by Crippen LogP contribution is -2.54. The van der Waals surface area contributed by atoms with Gasteiger partial charge in [-0.15, -0.1) is 0 Å². The van der Waals surface area contributed by atoms with Crippen LogP contribution in [0.2, 0.25) is 0 Å². The summed E-state index contributed by atoms with van der Waals surface area (Å²) in [5.74, 6) is 0.0531. The minimum atomic E-state index is -0.520. The Morgan fingerprint density at radius 1 is 1.47 bits per heavy atom. The number of hydrogen-bond acceptors (Lipinski definition) is 4. The highest BCUT2D eigenvalue weighted by atomic mass is 16.6. The van der Waals surface area contributed by atoms with E-state index in [0.29, 0.717) is 13.1 Å². The van der Waals surface area contributed by atoms with Crippen molar-refractivity contribution in [2.24, 2.45) is 0 Å². The van der Waals surface area contributed by atoms with Gasteiger partial charge in [-0.05, 0) is 34.2 Å². The Morgan fingerprint density at radius 2 is 2.16 bits per heavy atom. The first-order valence-corrected chi connectivity index (χ1v) is 6.78. The Morgan fingerprint density at radius 3 is 2.68 bits per heavy atom. The summed E-state index contributed by atoms with van der Waals surface area (Å²) < 4.78 is 5.34. The maximum absolute atomic E-state index is 12.2. The number of piperazine rings is 1. The zero-order chi connectivity index (χ0) is 14.2. The van der Waals surface area contributed by atoms with E-state index in [0.717, 1.165) is 13.0 Å². The molecule has 108 valence electrons. The first-order valence-electron chi connectivity index (χ1n) is 6.78. The van der Waals surface area contributed by atoms with Crippen molar-refractivity contribution in [1.82, 2.24) is 15.1 Å². The lowest BCUT2D eigenvalue weighted by molar-refractivity contribution is -0.136. The summed E-state index contributed by atoms with van der Waals surface area (Å²) >= 11 is 0. The van der Waals surface area contributed by atoms with Crippen LogP contribution >= 0.6 is 0 Å². The lowest BCUT2D eigenvalue weighted by atomic mass is 10.2. The van der Waals surface area contributed by atoms with E-state index in [9.17, 15) is 9.59 Å². The molecule has 2 amide bonds. The monoisotopic (exact) mass is 269 g/mol. The zero-order valence-electron chi connectivity index (χ0n) is 12.1. The minimum absolute atomic E-state index is 0.0531. The number of carbonyl (C=O) groups is 2. The number of likely N-dealkylation sites (N-methyl/N-ethyl adjacent to an activating group) is 1. The lowest BCUT2D eigenvalue weighted by Gasteiger charge is -2.34. The normalized spacial score (nSPS) is 26.2. The van der Waals surface area contributed by atoms with Gasteiger partial charge in [-0.25, -0.2) is 4.79 Å². The number of nitrogens with zero attached hydrogens (tertiary/aromatic N) is 2. The van der Waals surface area contributed by atoms with Gasteiger partial charge in [-0.2, -0.15) is 0 Å². The summed E-state index contributed by atoms with van der Waals surface area (Å²) in [5, 5.41) is 3.04. The third-order valence-electron chi connectivity index (χ3n) is 3.52. The van der Waals surface area contributed by atoms with Gasteiger partial charge in [0.2, 0.25) is 5.91 Å². The number of ether oxygens (including phenoxy) is 1. The Hall–Kier alpha value is -1.30. The number of hydrogen-bond donors (Lipinski definition) is 1. The fraction of sp³-hybridized carbons (Fsp3) is 0.846. The van der Waals surface area contributed by atoms with Crippen LogP contribution < -0.4 is 5.32 Å². The van der Waals surface area contributed by atoms with Crippen LogP contribution in [0, 0.1) is 0 Å². The van der Waals surface area contributed by atoms with Gasteiger partial charge in [0.15, 0.2) is 0 Å². The van der Waals surface area contributed by atoms with Crippen molar-refractivity contribution >= 4 is 12.0 Å². The van der Waals surface area contributed by atoms with Crippen molar-refractivity contribution in [3.8, 4) is 0 Å². The number of carbonyl (C=O) groups excluding carboxylic acids is 2. The second-order valence-electron chi connectivity index (χ2n) is 6.17. The molecule has 6 nitrogen and oxygen atoms in total. The van der Waals surface area contributed by atoms with E-state index in [2.05, 4.69) is 5.32 Å². The molecule has 2 rings (SSSR count). The predicted octanol–water partition coefficient (Wildman–Crippen LogP) is 0.426. The summed E-state index contributed by atoms with van der Waals surface area (Å²) in [6, 6.07) is -0.171. The number of nitrogens with one attached hydrogen (secondary N) is 1. The molecule has 0 aromatic rings. The largest absolute Gasteiger partial charge is 0.444 e. The van der Waals surface area contributed by atoms with Crippen molar-refractivity contribution in [2.75, 3.05) is 26.7 Å². The highest BCUT2D eigenvalue weighted by Crippen LogP contribution is 2.32. The minimum Gasteiger partial charge on any atom is -0.444 e. The second kappa shape index (κ2) is 5.00. The van der Waals surface area contributed by atoms with Gasteiger partial charge in [0.25, 0.3) is 0 Å². The van der Waals surface area contributed by atoms with Gasteiger partial charge < -0.3 is 15.0 Å². The van der Waals surface area contributed by atoms with Gasteiger partial charge in [-0.1, -0.05) is 0 Å². The molecule has 2 aliphatic rings. The molecule has 2 aliphatic heterocycles. The zero-order valence-corrected chi connectivity index (χ0v) is 12.1. The topological polar surface area (TPSA) is 61.9 Å². The van der Waals surface area contributed by atoms with Gasteiger partial charge in [0.05, 0.1) is 6.04 Å². The molecule has 0 radical (unpaired) electrons. The van der Waals surface area contributed by atoms with Crippen molar-refractivity contribution < 1.29 is 14.3 Å². The quantitative estimate of drug-likeness (QED) is 0.807. The molecule has 0 saturated carbocycles. The van der Waals surface area contributed by atoms with Crippen LogP contribution in [-0.4, -0.2) is 66.2 Å². The third kappa shape index (κ3) is 2.83. The summed E-state index contributed by atoms with van der Waals surface area (Å²) in [5.41, 5.74) is -0.520. The highest BCUT2D eigenvalue weighted by molar-refractivity contribution is 5.89. The SMILES string of the molecule is CNCCN1C(=O)C2CC1CN2C(=O)OC(C)(C)C. The fourth-order valence-electron chi connectivity index (χ4n) is 2.69. The van der Waals surface area contributed by atoms with E-state index >= 15 is 0 Å². The van der Waals surface area contributed by atoms with Crippen LogP contribution in [-0.2, 0) is 9.53 Å².